The lowest BCUT2D eigenvalue weighted by Crippen LogP contribution is -2.49. The van der Waals surface area contributed by atoms with E-state index in [9.17, 15) is 5.11 Å². The summed E-state index contributed by atoms with van der Waals surface area (Å²) in [6.45, 7) is 8.84. The molecule has 0 radical (unpaired) electrons. The summed E-state index contributed by atoms with van der Waals surface area (Å²) in [6.07, 6.45) is 1.63. The van der Waals surface area contributed by atoms with Crippen LogP contribution in [0.2, 0.25) is 0 Å². The Morgan fingerprint density at radius 1 is 1.28 bits per heavy atom. The Kier molecular flexibility index (Phi) is 5.74. The third-order valence-corrected chi connectivity index (χ3v) is 4.90. The molecule has 0 spiro atoms. The SMILES string of the molecule is Cc1cc2ncn(C[C@H](O)CN3CCO[C@@H](CN(C)C)C3)c2cc1C. The summed E-state index contributed by atoms with van der Waals surface area (Å²) in [7, 11) is 4.12. The van der Waals surface area contributed by atoms with Crippen molar-refractivity contribution >= 4 is 11.0 Å². The summed E-state index contributed by atoms with van der Waals surface area (Å²) in [5.74, 6) is 0. The van der Waals surface area contributed by atoms with Crippen LogP contribution in [0.3, 0.4) is 0 Å². The lowest BCUT2D eigenvalue weighted by molar-refractivity contribution is -0.0496. The van der Waals surface area contributed by atoms with Crippen LogP contribution in [-0.2, 0) is 11.3 Å². The normalized spacial score (nSPS) is 20.5. The number of ether oxygens (including phenoxy) is 1. The van der Waals surface area contributed by atoms with Gasteiger partial charge in [0.1, 0.15) is 0 Å². The van der Waals surface area contributed by atoms with Gasteiger partial charge in [-0.1, -0.05) is 0 Å². The van der Waals surface area contributed by atoms with Crippen LogP contribution >= 0.6 is 0 Å². The van der Waals surface area contributed by atoms with Gasteiger partial charge in [-0.05, 0) is 51.2 Å². The lowest BCUT2D eigenvalue weighted by Gasteiger charge is -2.35. The molecule has 1 aromatic carbocycles. The number of imidazole rings is 1. The van der Waals surface area contributed by atoms with Crippen molar-refractivity contribution in [3.05, 3.63) is 29.6 Å². The van der Waals surface area contributed by atoms with E-state index < -0.39 is 6.10 Å². The number of hydrogen-bond donors (Lipinski definition) is 1. The largest absolute Gasteiger partial charge is 0.390 e. The minimum absolute atomic E-state index is 0.218. The van der Waals surface area contributed by atoms with Gasteiger partial charge in [0.25, 0.3) is 0 Å². The highest BCUT2D eigenvalue weighted by Gasteiger charge is 2.23. The molecule has 6 heteroatoms. The molecule has 1 fully saturated rings. The quantitative estimate of drug-likeness (QED) is 0.854. The van der Waals surface area contributed by atoms with Gasteiger partial charge in [-0.2, -0.15) is 0 Å². The van der Waals surface area contributed by atoms with Crippen molar-refractivity contribution in [1.82, 2.24) is 19.4 Å². The Morgan fingerprint density at radius 2 is 2.04 bits per heavy atom. The maximum atomic E-state index is 10.6. The molecule has 138 valence electrons. The topological polar surface area (TPSA) is 53.8 Å². The van der Waals surface area contributed by atoms with Crippen LogP contribution in [0.5, 0.6) is 0 Å². The summed E-state index contributed by atoms with van der Waals surface area (Å²) < 4.78 is 7.87. The molecule has 1 N–H and O–H groups in total. The number of β-amino-alcohol motifs (C(OH)–C–C–N with tert-alkyl or cyclic N) is 1. The Hall–Kier alpha value is -1.47. The molecule has 1 aromatic heterocycles. The zero-order chi connectivity index (χ0) is 18.0. The predicted octanol–water partition coefficient (Wildman–Crippen LogP) is 1.28. The van der Waals surface area contributed by atoms with Crippen molar-refractivity contribution in [3.8, 4) is 0 Å². The molecule has 0 aliphatic carbocycles. The summed E-state index contributed by atoms with van der Waals surface area (Å²) in [6, 6.07) is 4.27. The maximum Gasteiger partial charge on any atom is 0.0959 e. The highest BCUT2D eigenvalue weighted by Crippen LogP contribution is 2.19. The van der Waals surface area contributed by atoms with Gasteiger partial charge < -0.3 is 19.3 Å². The van der Waals surface area contributed by atoms with E-state index in [4.69, 9.17) is 4.74 Å². The standard InChI is InChI=1S/C19H30N4O2/c1-14-7-18-19(8-15(14)2)23(13-20-18)10-16(24)9-22-5-6-25-17(12-22)11-21(3)4/h7-8,13,16-17,24H,5-6,9-12H2,1-4H3/t16-,17+/m1/s1. The van der Waals surface area contributed by atoms with E-state index in [0.717, 1.165) is 37.3 Å². The average Bonchev–Trinajstić information content (AvgIpc) is 2.89. The summed E-state index contributed by atoms with van der Waals surface area (Å²) in [4.78, 5) is 8.93. The van der Waals surface area contributed by atoms with Crippen molar-refractivity contribution < 1.29 is 9.84 Å². The molecule has 0 saturated carbocycles. The van der Waals surface area contributed by atoms with Crippen molar-refractivity contribution in [2.75, 3.05) is 46.9 Å². The van der Waals surface area contributed by atoms with E-state index in [2.05, 4.69) is 59.4 Å². The highest BCUT2D eigenvalue weighted by atomic mass is 16.5. The van der Waals surface area contributed by atoms with E-state index >= 15 is 0 Å². The van der Waals surface area contributed by atoms with Gasteiger partial charge in [0.2, 0.25) is 0 Å². The second kappa shape index (κ2) is 7.83. The fourth-order valence-corrected chi connectivity index (χ4v) is 3.51. The first-order chi connectivity index (χ1) is 11.9. The number of likely N-dealkylation sites (N-methyl/N-ethyl adjacent to an activating group) is 1. The molecule has 2 atom stereocenters. The van der Waals surface area contributed by atoms with Gasteiger partial charge in [0, 0.05) is 26.2 Å². The van der Waals surface area contributed by atoms with Crippen molar-refractivity contribution in [2.24, 2.45) is 0 Å². The van der Waals surface area contributed by atoms with Gasteiger partial charge in [-0.15, -0.1) is 0 Å². The molecule has 0 bridgehead atoms. The molecule has 1 aliphatic rings. The second-order valence-corrected chi connectivity index (χ2v) is 7.49. The second-order valence-electron chi connectivity index (χ2n) is 7.49. The van der Waals surface area contributed by atoms with Crippen LogP contribution < -0.4 is 0 Å². The summed E-state index contributed by atoms with van der Waals surface area (Å²) in [5.41, 5.74) is 4.59. The highest BCUT2D eigenvalue weighted by molar-refractivity contribution is 5.77. The summed E-state index contributed by atoms with van der Waals surface area (Å²) in [5, 5.41) is 10.6. The third kappa shape index (κ3) is 4.58. The number of rotatable bonds is 6. The van der Waals surface area contributed by atoms with Crippen LogP contribution in [-0.4, -0.2) is 83.5 Å². The number of aliphatic hydroxyl groups excluding tert-OH is 1. The minimum Gasteiger partial charge on any atom is -0.390 e. The minimum atomic E-state index is -0.419. The van der Waals surface area contributed by atoms with Crippen LogP contribution in [0.25, 0.3) is 11.0 Å². The first-order valence-electron chi connectivity index (χ1n) is 9.01. The molecule has 0 amide bonds. The molecule has 6 nitrogen and oxygen atoms in total. The first-order valence-corrected chi connectivity index (χ1v) is 9.01. The number of aliphatic hydroxyl groups is 1. The molecule has 0 unspecified atom stereocenters. The number of aromatic nitrogens is 2. The Balaban J connectivity index is 1.61. The molecule has 25 heavy (non-hydrogen) atoms. The monoisotopic (exact) mass is 346 g/mol. The number of morpholine rings is 1. The van der Waals surface area contributed by atoms with Gasteiger partial charge in [0.15, 0.2) is 0 Å². The molecular formula is C19H30N4O2. The predicted molar refractivity (Wildman–Crippen MR) is 99.9 cm³/mol. The number of fused-ring (bicyclic) bond motifs is 1. The maximum absolute atomic E-state index is 10.6. The van der Waals surface area contributed by atoms with E-state index in [0.29, 0.717) is 13.1 Å². The van der Waals surface area contributed by atoms with Crippen LogP contribution in [0.1, 0.15) is 11.1 Å². The Morgan fingerprint density at radius 3 is 2.80 bits per heavy atom. The number of benzene rings is 1. The first kappa shape index (κ1) is 18.3. The van der Waals surface area contributed by atoms with Crippen molar-refractivity contribution in [3.63, 3.8) is 0 Å². The fourth-order valence-electron chi connectivity index (χ4n) is 3.51. The van der Waals surface area contributed by atoms with E-state index in [1.807, 2.05) is 6.33 Å². The fraction of sp³-hybridized carbons (Fsp3) is 0.632. The molecule has 1 aliphatic heterocycles. The van der Waals surface area contributed by atoms with Crippen LogP contribution in [0.15, 0.2) is 18.5 Å². The Bertz CT molecular complexity index is 713. The molecule has 3 rings (SSSR count). The van der Waals surface area contributed by atoms with Crippen LogP contribution in [0.4, 0.5) is 0 Å². The van der Waals surface area contributed by atoms with Crippen molar-refractivity contribution in [2.45, 2.75) is 32.6 Å². The average molecular weight is 346 g/mol. The van der Waals surface area contributed by atoms with E-state index in [1.165, 1.54) is 11.1 Å². The summed E-state index contributed by atoms with van der Waals surface area (Å²) >= 11 is 0. The molecular weight excluding hydrogens is 316 g/mol. The van der Waals surface area contributed by atoms with Gasteiger partial charge >= 0.3 is 0 Å². The van der Waals surface area contributed by atoms with Gasteiger partial charge in [-0.3, -0.25) is 4.90 Å². The molecule has 1 saturated heterocycles. The van der Waals surface area contributed by atoms with Gasteiger partial charge in [0.05, 0.1) is 42.7 Å². The van der Waals surface area contributed by atoms with Crippen molar-refractivity contribution in [1.29, 1.82) is 0 Å². The lowest BCUT2D eigenvalue weighted by atomic mass is 10.1. The third-order valence-electron chi connectivity index (χ3n) is 4.90. The smallest absolute Gasteiger partial charge is 0.0959 e. The van der Waals surface area contributed by atoms with Gasteiger partial charge in [-0.25, -0.2) is 4.98 Å². The van der Waals surface area contributed by atoms with E-state index in [1.54, 1.807) is 0 Å². The molecule has 2 aromatic rings. The zero-order valence-corrected chi connectivity index (χ0v) is 15.8. The zero-order valence-electron chi connectivity index (χ0n) is 15.8. The number of aryl methyl sites for hydroxylation is 2. The molecule has 2 heterocycles. The van der Waals surface area contributed by atoms with Crippen LogP contribution in [0, 0.1) is 13.8 Å². The number of nitrogens with zero attached hydrogens (tertiary/aromatic N) is 4. The number of hydrogen-bond acceptors (Lipinski definition) is 5. The Labute approximate surface area is 150 Å². The van der Waals surface area contributed by atoms with E-state index in [-0.39, 0.29) is 6.10 Å².